The number of hydrogen-bond acceptors (Lipinski definition) is 4. The first kappa shape index (κ1) is 17.7. The molecule has 1 saturated carbocycles. The van der Waals surface area contributed by atoms with Gasteiger partial charge in [0.15, 0.2) is 9.84 Å². The van der Waals surface area contributed by atoms with Gasteiger partial charge < -0.3 is 10.2 Å². The largest absolute Gasteiger partial charge is 0.342 e. The summed E-state index contributed by atoms with van der Waals surface area (Å²) >= 11 is 0. The molecule has 1 saturated heterocycles. The molecule has 1 N–H and O–H groups in total. The van der Waals surface area contributed by atoms with Crippen LogP contribution in [0.2, 0.25) is 0 Å². The third kappa shape index (κ3) is 6.24. The topological polar surface area (TPSA) is 66.5 Å². The van der Waals surface area contributed by atoms with Gasteiger partial charge in [-0.3, -0.25) is 4.79 Å². The molecule has 128 valence electrons. The van der Waals surface area contributed by atoms with Gasteiger partial charge in [0.2, 0.25) is 5.91 Å². The summed E-state index contributed by atoms with van der Waals surface area (Å²) in [6.07, 6.45) is 7.14. The Labute approximate surface area is 134 Å². The van der Waals surface area contributed by atoms with Crippen LogP contribution in [0.3, 0.4) is 0 Å². The second kappa shape index (κ2) is 8.29. The minimum atomic E-state index is -3.24. The average molecular weight is 330 g/mol. The Morgan fingerprint density at radius 1 is 1.14 bits per heavy atom. The molecule has 0 bridgehead atoms. The van der Waals surface area contributed by atoms with Crippen LogP contribution in [-0.2, 0) is 14.6 Å². The molecule has 2 fully saturated rings. The molecule has 22 heavy (non-hydrogen) atoms. The van der Waals surface area contributed by atoms with E-state index in [1.807, 2.05) is 6.92 Å². The van der Waals surface area contributed by atoms with E-state index in [-0.39, 0.29) is 17.4 Å². The maximum absolute atomic E-state index is 12.2. The van der Waals surface area contributed by atoms with Crippen molar-refractivity contribution in [3.05, 3.63) is 0 Å². The molecular weight excluding hydrogens is 300 g/mol. The van der Waals surface area contributed by atoms with Crippen molar-refractivity contribution in [2.45, 2.75) is 57.9 Å². The Hall–Kier alpha value is -0.620. The number of piperidine rings is 1. The Morgan fingerprint density at radius 3 is 2.41 bits per heavy atom. The van der Waals surface area contributed by atoms with Gasteiger partial charge in [-0.25, -0.2) is 8.42 Å². The van der Waals surface area contributed by atoms with Crippen molar-refractivity contribution in [1.29, 1.82) is 0 Å². The fourth-order valence-electron chi connectivity index (χ4n) is 2.91. The summed E-state index contributed by atoms with van der Waals surface area (Å²) in [7, 11) is -3.24. The van der Waals surface area contributed by atoms with Crippen molar-refractivity contribution in [1.82, 2.24) is 10.2 Å². The summed E-state index contributed by atoms with van der Waals surface area (Å²) in [6.45, 7) is 4.51. The SMILES string of the molecule is CCCCCS(=O)(=O)CC(=O)N1CCC(NCC2CC2)CC1. The quantitative estimate of drug-likeness (QED) is 0.652. The number of carbonyl (C=O) groups is 1. The van der Waals surface area contributed by atoms with Gasteiger partial charge in [-0.1, -0.05) is 19.8 Å². The Kier molecular flexibility index (Phi) is 6.68. The standard InChI is InChI=1S/C16H30N2O3S/c1-2-3-4-11-22(20,21)13-16(19)18-9-7-15(8-10-18)17-12-14-5-6-14/h14-15,17H,2-13H2,1H3. The first-order valence-corrected chi connectivity index (χ1v) is 10.5. The van der Waals surface area contributed by atoms with E-state index in [4.69, 9.17) is 0 Å². The van der Waals surface area contributed by atoms with Crippen LogP contribution in [-0.4, -0.2) is 56.4 Å². The monoisotopic (exact) mass is 330 g/mol. The number of carbonyl (C=O) groups excluding carboxylic acids is 1. The van der Waals surface area contributed by atoms with Crippen LogP contribution in [0, 0.1) is 5.92 Å². The lowest BCUT2D eigenvalue weighted by molar-refractivity contribution is -0.129. The Bertz CT molecular complexity index is 452. The highest BCUT2D eigenvalue weighted by Gasteiger charge is 2.27. The number of nitrogens with zero attached hydrogens (tertiary/aromatic N) is 1. The van der Waals surface area contributed by atoms with Crippen LogP contribution in [0.25, 0.3) is 0 Å². The highest BCUT2D eigenvalue weighted by atomic mass is 32.2. The summed E-state index contributed by atoms with van der Waals surface area (Å²) in [6, 6.07) is 0.491. The zero-order chi connectivity index (χ0) is 16.0. The van der Waals surface area contributed by atoms with Crippen LogP contribution in [0.5, 0.6) is 0 Å². The molecule has 0 aromatic heterocycles. The minimum absolute atomic E-state index is 0.145. The molecule has 2 aliphatic rings. The molecule has 1 aliphatic carbocycles. The molecule has 0 aromatic carbocycles. The van der Waals surface area contributed by atoms with Crippen LogP contribution in [0.15, 0.2) is 0 Å². The van der Waals surface area contributed by atoms with Gasteiger partial charge in [-0.2, -0.15) is 0 Å². The van der Waals surface area contributed by atoms with E-state index in [0.717, 1.165) is 38.1 Å². The molecular formula is C16H30N2O3S. The number of nitrogens with one attached hydrogen (secondary N) is 1. The number of rotatable bonds is 9. The summed E-state index contributed by atoms with van der Waals surface area (Å²) in [5.41, 5.74) is 0. The lowest BCUT2D eigenvalue weighted by Crippen LogP contribution is -2.47. The van der Waals surface area contributed by atoms with Gasteiger partial charge in [0.05, 0.1) is 5.75 Å². The molecule has 0 spiro atoms. The van der Waals surface area contributed by atoms with E-state index in [2.05, 4.69) is 5.32 Å². The van der Waals surface area contributed by atoms with Gasteiger partial charge >= 0.3 is 0 Å². The average Bonchev–Trinajstić information content (AvgIpc) is 3.29. The predicted octanol–water partition coefficient (Wildman–Crippen LogP) is 1.58. The maximum atomic E-state index is 12.2. The van der Waals surface area contributed by atoms with E-state index >= 15 is 0 Å². The normalized spacial score (nSPS) is 20.3. The van der Waals surface area contributed by atoms with Crippen molar-refractivity contribution < 1.29 is 13.2 Å². The summed E-state index contributed by atoms with van der Waals surface area (Å²) in [4.78, 5) is 13.9. The third-order valence-corrected chi connectivity index (χ3v) is 6.24. The van der Waals surface area contributed by atoms with Crippen molar-refractivity contribution in [3.8, 4) is 0 Å². The van der Waals surface area contributed by atoms with Gasteiger partial charge in [-0.15, -0.1) is 0 Å². The van der Waals surface area contributed by atoms with Gasteiger partial charge in [-0.05, 0) is 44.6 Å². The van der Waals surface area contributed by atoms with E-state index < -0.39 is 9.84 Å². The second-order valence-electron chi connectivity index (χ2n) is 6.81. The van der Waals surface area contributed by atoms with Gasteiger partial charge in [0.1, 0.15) is 5.75 Å². The lowest BCUT2D eigenvalue weighted by Gasteiger charge is -2.32. The van der Waals surface area contributed by atoms with Crippen LogP contribution in [0.4, 0.5) is 0 Å². The van der Waals surface area contributed by atoms with E-state index in [1.165, 1.54) is 12.8 Å². The number of unbranched alkanes of at least 4 members (excludes halogenated alkanes) is 2. The zero-order valence-corrected chi connectivity index (χ0v) is 14.5. The Balaban J connectivity index is 1.67. The molecule has 1 amide bonds. The fourth-order valence-corrected chi connectivity index (χ4v) is 4.26. The molecule has 0 radical (unpaired) electrons. The first-order chi connectivity index (χ1) is 10.5. The smallest absolute Gasteiger partial charge is 0.237 e. The summed E-state index contributed by atoms with van der Waals surface area (Å²) in [5.74, 6) is 0.494. The molecule has 0 aromatic rings. The number of sulfone groups is 1. The van der Waals surface area contributed by atoms with Crippen molar-refractivity contribution in [2.75, 3.05) is 31.1 Å². The van der Waals surface area contributed by atoms with Crippen LogP contribution >= 0.6 is 0 Å². The molecule has 2 rings (SSSR count). The molecule has 0 atom stereocenters. The first-order valence-electron chi connectivity index (χ1n) is 8.72. The number of hydrogen-bond donors (Lipinski definition) is 1. The maximum Gasteiger partial charge on any atom is 0.237 e. The van der Waals surface area contributed by atoms with Crippen LogP contribution in [0.1, 0.15) is 51.9 Å². The van der Waals surface area contributed by atoms with Crippen LogP contribution < -0.4 is 5.32 Å². The van der Waals surface area contributed by atoms with Gasteiger partial charge in [0, 0.05) is 19.1 Å². The molecule has 5 nitrogen and oxygen atoms in total. The molecule has 6 heteroatoms. The number of amides is 1. The van der Waals surface area contributed by atoms with E-state index in [9.17, 15) is 13.2 Å². The third-order valence-electron chi connectivity index (χ3n) is 4.64. The van der Waals surface area contributed by atoms with E-state index in [1.54, 1.807) is 4.90 Å². The predicted molar refractivity (Wildman–Crippen MR) is 88.5 cm³/mol. The molecule has 1 aliphatic heterocycles. The van der Waals surface area contributed by atoms with Gasteiger partial charge in [0.25, 0.3) is 0 Å². The Morgan fingerprint density at radius 2 is 1.82 bits per heavy atom. The van der Waals surface area contributed by atoms with Crippen molar-refractivity contribution in [2.24, 2.45) is 5.92 Å². The minimum Gasteiger partial charge on any atom is -0.342 e. The zero-order valence-electron chi connectivity index (χ0n) is 13.7. The number of likely N-dealkylation sites (tertiary alicyclic amines) is 1. The van der Waals surface area contributed by atoms with Crippen molar-refractivity contribution in [3.63, 3.8) is 0 Å². The van der Waals surface area contributed by atoms with Crippen molar-refractivity contribution >= 4 is 15.7 Å². The highest BCUT2D eigenvalue weighted by molar-refractivity contribution is 7.92. The second-order valence-corrected chi connectivity index (χ2v) is 8.99. The van der Waals surface area contributed by atoms with E-state index in [0.29, 0.717) is 25.6 Å². The lowest BCUT2D eigenvalue weighted by atomic mass is 10.0. The molecule has 0 unspecified atom stereocenters. The molecule has 1 heterocycles. The fraction of sp³-hybridized carbons (Fsp3) is 0.938. The summed E-state index contributed by atoms with van der Waals surface area (Å²) in [5, 5.41) is 3.57. The summed E-state index contributed by atoms with van der Waals surface area (Å²) < 4.78 is 23.9. The highest BCUT2D eigenvalue weighted by Crippen LogP contribution is 2.28.